The lowest BCUT2D eigenvalue weighted by atomic mass is 9.94. The van der Waals surface area contributed by atoms with E-state index in [-0.39, 0.29) is 0 Å². The van der Waals surface area contributed by atoms with Gasteiger partial charge in [0, 0.05) is 37.2 Å². The summed E-state index contributed by atoms with van der Waals surface area (Å²) >= 11 is 1.80. The van der Waals surface area contributed by atoms with E-state index in [9.17, 15) is 0 Å². The van der Waals surface area contributed by atoms with Crippen LogP contribution in [0.3, 0.4) is 0 Å². The highest BCUT2D eigenvalue weighted by atomic mass is 32.1. The molecule has 0 bridgehead atoms. The van der Waals surface area contributed by atoms with Gasteiger partial charge in [-0.15, -0.1) is 11.3 Å². The van der Waals surface area contributed by atoms with Crippen LogP contribution in [-0.2, 0) is 11.2 Å². The zero-order chi connectivity index (χ0) is 15.1. The minimum atomic E-state index is 0.474. The standard InChI is InChI=1S/C17H24N2OS/c1-13-5-4-6-15(9-13)16(11-18-7-8-20-3)10-17-12-19-14(2)21-17/h4-6,9,12,16,18H,7-8,10-11H2,1-3H3. The summed E-state index contributed by atoms with van der Waals surface area (Å²) in [6.07, 6.45) is 3.05. The van der Waals surface area contributed by atoms with Crippen molar-refractivity contribution in [1.82, 2.24) is 10.3 Å². The monoisotopic (exact) mass is 304 g/mol. The second kappa shape index (κ2) is 8.27. The molecule has 1 aromatic heterocycles. The molecular formula is C17H24N2OS. The number of aryl methyl sites for hydroxylation is 2. The van der Waals surface area contributed by atoms with Gasteiger partial charge in [0.2, 0.25) is 0 Å². The number of thiazole rings is 1. The van der Waals surface area contributed by atoms with Gasteiger partial charge in [-0.3, -0.25) is 0 Å². The third-order valence-corrected chi connectivity index (χ3v) is 4.44. The predicted octanol–water partition coefficient (Wildman–Crippen LogP) is 3.32. The third kappa shape index (κ3) is 5.23. The molecule has 0 fully saturated rings. The number of rotatable bonds is 8. The number of nitrogens with one attached hydrogen (secondary N) is 1. The molecule has 4 heteroatoms. The highest BCUT2D eigenvalue weighted by Crippen LogP contribution is 2.24. The average molecular weight is 304 g/mol. The van der Waals surface area contributed by atoms with Crippen LogP contribution in [0.15, 0.2) is 30.5 Å². The second-order valence-electron chi connectivity index (χ2n) is 5.36. The summed E-state index contributed by atoms with van der Waals surface area (Å²) in [7, 11) is 1.74. The van der Waals surface area contributed by atoms with Crippen molar-refractivity contribution in [2.75, 3.05) is 26.8 Å². The van der Waals surface area contributed by atoms with Crippen LogP contribution in [0.2, 0.25) is 0 Å². The molecule has 0 saturated heterocycles. The number of ether oxygens (including phenoxy) is 1. The van der Waals surface area contributed by atoms with Crippen molar-refractivity contribution in [2.45, 2.75) is 26.2 Å². The largest absolute Gasteiger partial charge is 0.383 e. The molecule has 0 aliphatic carbocycles. The van der Waals surface area contributed by atoms with E-state index in [1.807, 2.05) is 6.20 Å². The van der Waals surface area contributed by atoms with Gasteiger partial charge in [0.05, 0.1) is 11.6 Å². The van der Waals surface area contributed by atoms with Crippen LogP contribution in [0.25, 0.3) is 0 Å². The lowest BCUT2D eigenvalue weighted by molar-refractivity contribution is 0.199. The summed E-state index contributed by atoms with van der Waals surface area (Å²) in [5, 5.41) is 4.63. The van der Waals surface area contributed by atoms with E-state index in [1.165, 1.54) is 16.0 Å². The first-order valence-corrected chi connectivity index (χ1v) is 8.18. The van der Waals surface area contributed by atoms with E-state index in [1.54, 1.807) is 18.4 Å². The maximum Gasteiger partial charge on any atom is 0.0896 e. The number of benzene rings is 1. The summed E-state index contributed by atoms with van der Waals surface area (Å²) in [5.41, 5.74) is 2.71. The first kappa shape index (κ1) is 16.1. The molecule has 21 heavy (non-hydrogen) atoms. The fraction of sp³-hybridized carbons (Fsp3) is 0.471. The van der Waals surface area contributed by atoms with E-state index in [0.29, 0.717) is 5.92 Å². The van der Waals surface area contributed by atoms with Crippen molar-refractivity contribution in [2.24, 2.45) is 0 Å². The summed E-state index contributed by atoms with van der Waals surface area (Å²) in [6.45, 7) is 6.81. The van der Waals surface area contributed by atoms with E-state index < -0.39 is 0 Å². The predicted molar refractivity (Wildman–Crippen MR) is 89.2 cm³/mol. The van der Waals surface area contributed by atoms with Gasteiger partial charge < -0.3 is 10.1 Å². The number of hydrogen-bond acceptors (Lipinski definition) is 4. The van der Waals surface area contributed by atoms with E-state index in [2.05, 4.69) is 48.4 Å². The molecule has 2 rings (SSSR count). The quantitative estimate of drug-likeness (QED) is 0.760. The molecule has 1 N–H and O–H groups in total. The summed E-state index contributed by atoms with van der Waals surface area (Å²) in [5.74, 6) is 0.474. The first-order chi connectivity index (χ1) is 10.2. The van der Waals surface area contributed by atoms with E-state index in [0.717, 1.165) is 31.1 Å². The van der Waals surface area contributed by atoms with Crippen molar-refractivity contribution in [1.29, 1.82) is 0 Å². The Balaban J connectivity index is 2.06. The van der Waals surface area contributed by atoms with Crippen LogP contribution >= 0.6 is 11.3 Å². The van der Waals surface area contributed by atoms with Crippen molar-refractivity contribution < 1.29 is 4.74 Å². The molecule has 0 amide bonds. The van der Waals surface area contributed by atoms with Crippen LogP contribution in [0, 0.1) is 13.8 Å². The number of hydrogen-bond donors (Lipinski definition) is 1. The molecule has 1 atom stereocenters. The van der Waals surface area contributed by atoms with Crippen molar-refractivity contribution in [3.05, 3.63) is 51.5 Å². The zero-order valence-electron chi connectivity index (χ0n) is 13.1. The summed E-state index contributed by atoms with van der Waals surface area (Å²) in [6, 6.07) is 8.81. The fourth-order valence-electron chi connectivity index (χ4n) is 2.42. The van der Waals surface area contributed by atoms with Crippen LogP contribution in [0.1, 0.15) is 26.9 Å². The Morgan fingerprint density at radius 1 is 1.33 bits per heavy atom. The second-order valence-corrected chi connectivity index (χ2v) is 6.68. The van der Waals surface area contributed by atoms with E-state index >= 15 is 0 Å². The molecule has 0 aliphatic heterocycles. The van der Waals surface area contributed by atoms with Gasteiger partial charge in [-0.1, -0.05) is 29.8 Å². The first-order valence-electron chi connectivity index (χ1n) is 7.36. The normalized spacial score (nSPS) is 12.5. The highest BCUT2D eigenvalue weighted by Gasteiger charge is 2.14. The molecule has 0 aliphatic rings. The van der Waals surface area contributed by atoms with Gasteiger partial charge in [-0.2, -0.15) is 0 Å². The van der Waals surface area contributed by atoms with Crippen LogP contribution in [0.5, 0.6) is 0 Å². The van der Waals surface area contributed by atoms with Gasteiger partial charge in [-0.05, 0) is 25.8 Å². The Morgan fingerprint density at radius 3 is 2.86 bits per heavy atom. The fourth-order valence-corrected chi connectivity index (χ4v) is 3.30. The molecule has 0 radical (unpaired) electrons. The molecular weight excluding hydrogens is 280 g/mol. The Bertz CT molecular complexity index is 553. The summed E-state index contributed by atoms with van der Waals surface area (Å²) in [4.78, 5) is 5.72. The molecule has 1 aromatic carbocycles. The number of aromatic nitrogens is 1. The minimum Gasteiger partial charge on any atom is -0.383 e. The van der Waals surface area contributed by atoms with Crippen LogP contribution < -0.4 is 5.32 Å². The van der Waals surface area contributed by atoms with Gasteiger partial charge in [-0.25, -0.2) is 4.98 Å². The Hall–Kier alpha value is -1.23. The van der Waals surface area contributed by atoms with Gasteiger partial charge in [0.25, 0.3) is 0 Å². The van der Waals surface area contributed by atoms with Crippen molar-refractivity contribution >= 4 is 11.3 Å². The topological polar surface area (TPSA) is 34.1 Å². The van der Waals surface area contributed by atoms with Gasteiger partial charge in [0.1, 0.15) is 0 Å². The average Bonchev–Trinajstić information content (AvgIpc) is 2.87. The van der Waals surface area contributed by atoms with Gasteiger partial charge in [0.15, 0.2) is 0 Å². The van der Waals surface area contributed by atoms with Crippen molar-refractivity contribution in [3.8, 4) is 0 Å². The van der Waals surface area contributed by atoms with Crippen LogP contribution in [0.4, 0.5) is 0 Å². The third-order valence-electron chi connectivity index (χ3n) is 3.50. The lowest BCUT2D eigenvalue weighted by Crippen LogP contribution is -2.26. The Morgan fingerprint density at radius 2 is 2.19 bits per heavy atom. The van der Waals surface area contributed by atoms with Gasteiger partial charge >= 0.3 is 0 Å². The highest BCUT2D eigenvalue weighted by molar-refractivity contribution is 7.11. The Labute approximate surface area is 131 Å². The number of nitrogens with zero attached hydrogens (tertiary/aromatic N) is 1. The molecule has 0 spiro atoms. The van der Waals surface area contributed by atoms with Crippen molar-refractivity contribution in [3.63, 3.8) is 0 Å². The molecule has 114 valence electrons. The molecule has 3 nitrogen and oxygen atoms in total. The molecule has 2 aromatic rings. The molecule has 0 saturated carbocycles. The molecule has 1 heterocycles. The molecule has 1 unspecified atom stereocenters. The zero-order valence-corrected chi connectivity index (χ0v) is 13.9. The smallest absolute Gasteiger partial charge is 0.0896 e. The summed E-state index contributed by atoms with van der Waals surface area (Å²) < 4.78 is 5.10. The SMILES string of the molecule is COCCNCC(Cc1cnc(C)s1)c1cccc(C)c1. The maximum atomic E-state index is 5.10. The Kier molecular flexibility index (Phi) is 6.36. The number of methoxy groups -OCH3 is 1. The van der Waals surface area contributed by atoms with E-state index in [4.69, 9.17) is 4.74 Å². The lowest BCUT2D eigenvalue weighted by Gasteiger charge is -2.18. The minimum absolute atomic E-state index is 0.474. The van der Waals surface area contributed by atoms with Crippen LogP contribution in [-0.4, -0.2) is 31.8 Å². The maximum absolute atomic E-state index is 5.10.